The van der Waals surface area contributed by atoms with E-state index in [0.717, 1.165) is 18.2 Å². The van der Waals surface area contributed by atoms with E-state index in [4.69, 9.17) is 5.73 Å². The predicted molar refractivity (Wildman–Crippen MR) is 71.8 cm³/mol. The van der Waals surface area contributed by atoms with E-state index in [1.54, 1.807) is 12.1 Å². The van der Waals surface area contributed by atoms with Crippen molar-refractivity contribution in [2.24, 2.45) is 0 Å². The van der Waals surface area contributed by atoms with Crippen molar-refractivity contribution in [3.05, 3.63) is 53.6 Å². The van der Waals surface area contributed by atoms with Crippen LogP contribution in [0.25, 0.3) is 0 Å². The Morgan fingerprint density at radius 2 is 1.85 bits per heavy atom. The summed E-state index contributed by atoms with van der Waals surface area (Å²) >= 11 is 0. The Hall–Kier alpha value is -2.63. The number of para-hydroxylation sites is 1. The fraction of sp³-hybridized carbons (Fsp3) is 0.0714. The average molecular weight is 278 g/mol. The summed E-state index contributed by atoms with van der Waals surface area (Å²) in [5.74, 6) is -2.01. The Balaban J connectivity index is 2.36. The number of nitrogens with one attached hydrogen (secondary N) is 1. The van der Waals surface area contributed by atoms with Gasteiger partial charge in [0, 0.05) is 11.8 Å². The Morgan fingerprint density at radius 1 is 1.20 bits per heavy atom. The van der Waals surface area contributed by atoms with Crippen LogP contribution in [0.5, 0.6) is 0 Å². The van der Waals surface area contributed by atoms with Gasteiger partial charge in [0.1, 0.15) is 11.6 Å². The number of rotatable bonds is 3. The summed E-state index contributed by atoms with van der Waals surface area (Å²) in [6.45, 7) is 0. The summed E-state index contributed by atoms with van der Waals surface area (Å²) in [7, 11) is 1.24. The maximum absolute atomic E-state index is 13.1. The highest BCUT2D eigenvalue weighted by Crippen LogP contribution is 2.27. The Kier molecular flexibility index (Phi) is 3.84. The van der Waals surface area contributed by atoms with Crippen LogP contribution in [0.2, 0.25) is 0 Å². The zero-order valence-electron chi connectivity index (χ0n) is 10.6. The molecule has 0 bridgehead atoms. The molecular formula is C14H12F2N2O2. The predicted octanol–water partition coefficient (Wildman–Crippen LogP) is 3.08. The SMILES string of the molecule is COC(=O)c1cccc(Nc2cc(F)cc(F)c2)c1N. The smallest absolute Gasteiger partial charge is 0.340 e. The molecule has 0 amide bonds. The average Bonchev–Trinajstić information content (AvgIpc) is 2.39. The van der Waals surface area contributed by atoms with Crippen LogP contribution < -0.4 is 11.1 Å². The van der Waals surface area contributed by atoms with Crippen LogP contribution in [-0.2, 0) is 4.74 Å². The van der Waals surface area contributed by atoms with Gasteiger partial charge in [-0.3, -0.25) is 0 Å². The first kappa shape index (κ1) is 13.8. The number of hydrogen-bond donors (Lipinski definition) is 2. The van der Waals surface area contributed by atoms with Gasteiger partial charge >= 0.3 is 5.97 Å². The third kappa shape index (κ3) is 2.85. The molecule has 0 spiro atoms. The largest absolute Gasteiger partial charge is 0.465 e. The third-order valence-electron chi connectivity index (χ3n) is 2.65. The fourth-order valence-electron chi connectivity index (χ4n) is 1.74. The quantitative estimate of drug-likeness (QED) is 0.669. The van der Waals surface area contributed by atoms with Crippen molar-refractivity contribution in [3.63, 3.8) is 0 Å². The Morgan fingerprint density at radius 3 is 2.45 bits per heavy atom. The molecule has 0 aliphatic rings. The monoisotopic (exact) mass is 278 g/mol. The summed E-state index contributed by atoms with van der Waals surface area (Å²) in [6, 6.07) is 7.67. The van der Waals surface area contributed by atoms with Crippen molar-refractivity contribution in [1.82, 2.24) is 0 Å². The lowest BCUT2D eigenvalue weighted by Gasteiger charge is -2.12. The van der Waals surface area contributed by atoms with E-state index in [9.17, 15) is 13.6 Å². The molecule has 6 heteroatoms. The molecule has 20 heavy (non-hydrogen) atoms. The lowest BCUT2D eigenvalue weighted by atomic mass is 10.1. The first-order chi connectivity index (χ1) is 9.51. The molecule has 0 atom stereocenters. The number of anilines is 3. The molecule has 2 aromatic rings. The molecule has 0 aliphatic heterocycles. The zero-order valence-corrected chi connectivity index (χ0v) is 10.6. The van der Waals surface area contributed by atoms with Gasteiger partial charge in [0.2, 0.25) is 0 Å². The first-order valence-corrected chi connectivity index (χ1v) is 5.71. The van der Waals surface area contributed by atoms with Crippen molar-refractivity contribution in [3.8, 4) is 0 Å². The standard InChI is InChI=1S/C14H12F2N2O2/c1-20-14(19)11-3-2-4-12(13(11)17)18-10-6-8(15)5-9(16)7-10/h2-7,18H,17H2,1H3. The molecule has 0 heterocycles. The summed E-state index contributed by atoms with van der Waals surface area (Å²) in [4.78, 5) is 11.5. The maximum atomic E-state index is 13.1. The molecule has 0 saturated heterocycles. The molecule has 4 nitrogen and oxygen atoms in total. The number of carbonyl (C=O) groups is 1. The lowest BCUT2D eigenvalue weighted by molar-refractivity contribution is 0.0602. The van der Waals surface area contributed by atoms with Crippen LogP contribution >= 0.6 is 0 Å². The topological polar surface area (TPSA) is 64.3 Å². The number of nitrogens with two attached hydrogens (primary N) is 1. The van der Waals surface area contributed by atoms with Crippen LogP contribution in [0.4, 0.5) is 25.8 Å². The summed E-state index contributed by atoms with van der Waals surface area (Å²) in [6.07, 6.45) is 0. The fourth-order valence-corrected chi connectivity index (χ4v) is 1.74. The van der Waals surface area contributed by atoms with Crippen molar-refractivity contribution >= 4 is 23.0 Å². The number of benzene rings is 2. The zero-order chi connectivity index (χ0) is 14.7. The van der Waals surface area contributed by atoms with Gasteiger partial charge in [-0.2, -0.15) is 0 Å². The summed E-state index contributed by atoms with van der Waals surface area (Å²) < 4.78 is 30.8. The molecule has 0 saturated carbocycles. The molecule has 104 valence electrons. The van der Waals surface area contributed by atoms with E-state index < -0.39 is 17.6 Å². The molecular weight excluding hydrogens is 266 g/mol. The second-order valence-electron chi connectivity index (χ2n) is 4.04. The number of ether oxygens (including phenoxy) is 1. The van der Waals surface area contributed by atoms with Gasteiger partial charge in [0.25, 0.3) is 0 Å². The van der Waals surface area contributed by atoms with Crippen LogP contribution in [0.1, 0.15) is 10.4 Å². The van der Waals surface area contributed by atoms with Gasteiger partial charge < -0.3 is 15.8 Å². The number of carbonyl (C=O) groups excluding carboxylic acids is 1. The molecule has 0 aliphatic carbocycles. The number of nitrogen functional groups attached to an aromatic ring is 1. The molecule has 0 aromatic heterocycles. The van der Waals surface area contributed by atoms with Crippen LogP contribution in [-0.4, -0.2) is 13.1 Å². The number of hydrogen-bond acceptors (Lipinski definition) is 4. The second kappa shape index (κ2) is 5.56. The van der Waals surface area contributed by atoms with Gasteiger partial charge in [0.15, 0.2) is 0 Å². The van der Waals surface area contributed by atoms with E-state index >= 15 is 0 Å². The highest BCUT2D eigenvalue weighted by molar-refractivity contribution is 5.98. The van der Waals surface area contributed by atoms with Crippen LogP contribution in [0.15, 0.2) is 36.4 Å². The number of esters is 1. The minimum atomic E-state index is -0.713. The third-order valence-corrected chi connectivity index (χ3v) is 2.65. The molecule has 0 unspecified atom stereocenters. The van der Waals surface area contributed by atoms with Crippen molar-refractivity contribution in [2.45, 2.75) is 0 Å². The van der Waals surface area contributed by atoms with Gasteiger partial charge in [-0.15, -0.1) is 0 Å². The lowest BCUT2D eigenvalue weighted by Crippen LogP contribution is -2.07. The summed E-state index contributed by atoms with van der Waals surface area (Å²) in [5, 5.41) is 2.76. The van der Waals surface area contributed by atoms with Crippen LogP contribution in [0.3, 0.4) is 0 Å². The van der Waals surface area contributed by atoms with Crippen molar-refractivity contribution < 1.29 is 18.3 Å². The summed E-state index contributed by atoms with van der Waals surface area (Å²) in [5.41, 5.74) is 6.70. The minimum Gasteiger partial charge on any atom is -0.465 e. The van der Waals surface area contributed by atoms with Crippen molar-refractivity contribution in [2.75, 3.05) is 18.2 Å². The highest BCUT2D eigenvalue weighted by atomic mass is 19.1. The molecule has 0 radical (unpaired) electrons. The normalized spacial score (nSPS) is 10.2. The number of methoxy groups -OCH3 is 1. The van der Waals surface area contributed by atoms with E-state index in [1.807, 2.05) is 0 Å². The van der Waals surface area contributed by atoms with Gasteiger partial charge in [-0.1, -0.05) is 6.07 Å². The van der Waals surface area contributed by atoms with Gasteiger partial charge in [-0.25, -0.2) is 13.6 Å². The van der Waals surface area contributed by atoms with Gasteiger partial charge in [-0.05, 0) is 24.3 Å². The van der Waals surface area contributed by atoms with Crippen LogP contribution in [0, 0.1) is 11.6 Å². The maximum Gasteiger partial charge on any atom is 0.340 e. The van der Waals surface area contributed by atoms with E-state index in [0.29, 0.717) is 5.69 Å². The van der Waals surface area contributed by atoms with Crippen molar-refractivity contribution in [1.29, 1.82) is 0 Å². The van der Waals surface area contributed by atoms with E-state index in [1.165, 1.54) is 13.2 Å². The molecule has 3 N–H and O–H groups in total. The van der Waals surface area contributed by atoms with E-state index in [-0.39, 0.29) is 16.9 Å². The van der Waals surface area contributed by atoms with Gasteiger partial charge in [0.05, 0.1) is 24.0 Å². The number of halogens is 2. The molecule has 2 aromatic carbocycles. The Bertz CT molecular complexity index is 639. The highest BCUT2D eigenvalue weighted by Gasteiger charge is 2.13. The molecule has 0 fully saturated rings. The minimum absolute atomic E-state index is 0.143. The second-order valence-corrected chi connectivity index (χ2v) is 4.04. The molecule has 2 rings (SSSR count). The first-order valence-electron chi connectivity index (χ1n) is 5.71. The van der Waals surface area contributed by atoms with E-state index in [2.05, 4.69) is 10.1 Å². The Labute approximate surface area is 114 Å².